The van der Waals surface area contributed by atoms with Gasteiger partial charge in [-0.3, -0.25) is 14.6 Å². The molecule has 8 nitrogen and oxygen atoms in total. The Morgan fingerprint density at radius 3 is 2.36 bits per heavy atom. The molecule has 5 fully saturated rings. The van der Waals surface area contributed by atoms with Crippen molar-refractivity contribution in [2.45, 2.75) is 108 Å². The van der Waals surface area contributed by atoms with Crippen LogP contribution >= 0.6 is 0 Å². The summed E-state index contributed by atoms with van der Waals surface area (Å²) in [5, 5.41) is 0. The minimum atomic E-state index is -3.33. The fourth-order valence-corrected chi connectivity index (χ4v) is 10.4. The molecule has 2 bridgehead atoms. The largest absolute Gasteiger partial charge is 0.375 e. The van der Waals surface area contributed by atoms with Gasteiger partial charge in [-0.25, -0.2) is 12.8 Å². The average molecular weight is 633 g/mol. The number of carbonyl (C=O) groups excluding carboxylic acids is 1. The van der Waals surface area contributed by atoms with Crippen LogP contribution in [0.3, 0.4) is 0 Å². The van der Waals surface area contributed by atoms with Gasteiger partial charge in [0.05, 0.1) is 19.0 Å². The van der Waals surface area contributed by atoms with Gasteiger partial charge in [-0.15, -0.1) is 0 Å². The van der Waals surface area contributed by atoms with Crippen LogP contribution in [-0.4, -0.2) is 116 Å². The van der Waals surface area contributed by atoms with Gasteiger partial charge < -0.3 is 9.64 Å². The summed E-state index contributed by atoms with van der Waals surface area (Å²) in [5.74, 6) is 0.0701. The average Bonchev–Trinajstić information content (AvgIpc) is 3.74. The maximum absolute atomic E-state index is 15.4. The number of benzene rings is 1. The Hall–Kier alpha value is -1.59. The number of ether oxygens (including phenoxy) is 1. The van der Waals surface area contributed by atoms with Crippen molar-refractivity contribution >= 4 is 15.9 Å². The van der Waals surface area contributed by atoms with Crippen LogP contribution in [0.4, 0.5) is 4.39 Å². The number of carbonyl (C=O) groups is 1. The minimum Gasteiger partial charge on any atom is -0.375 e. The third kappa shape index (κ3) is 6.75. The summed E-state index contributed by atoms with van der Waals surface area (Å²) >= 11 is 0. The van der Waals surface area contributed by atoms with Gasteiger partial charge >= 0.3 is 0 Å². The van der Waals surface area contributed by atoms with E-state index in [0.29, 0.717) is 43.3 Å². The lowest BCUT2D eigenvalue weighted by Gasteiger charge is -2.45. The second-order valence-electron chi connectivity index (χ2n) is 14.7. The summed E-state index contributed by atoms with van der Waals surface area (Å²) in [7, 11) is -3.33. The van der Waals surface area contributed by atoms with Gasteiger partial charge in [0.1, 0.15) is 5.82 Å². The Balaban J connectivity index is 1.17. The lowest BCUT2D eigenvalue weighted by Crippen LogP contribution is -2.58. The van der Waals surface area contributed by atoms with Crippen LogP contribution in [0.15, 0.2) is 18.2 Å². The van der Waals surface area contributed by atoms with Crippen LogP contribution in [0.1, 0.15) is 82.3 Å². The number of amides is 1. The fourth-order valence-electron chi connectivity index (χ4n) is 9.21. The highest BCUT2D eigenvalue weighted by Gasteiger charge is 2.49. The van der Waals surface area contributed by atoms with Gasteiger partial charge in [0.15, 0.2) is 0 Å². The molecule has 44 heavy (non-hydrogen) atoms. The number of hydrogen-bond acceptors (Lipinski definition) is 6. The molecule has 1 aromatic carbocycles. The van der Waals surface area contributed by atoms with Crippen molar-refractivity contribution in [2.75, 3.05) is 52.1 Å². The predicted molar refractivity (Wildman–Crippen MR) is 170 cm³/mol. The third-order valence-corrected chi connectivity index (χ3v) is 12.9. The Morgan fingerprint density at radius 2 is 1.77 bits per heavy atom. The number of aryl methyl sites for hydroxylation is 1. The van der Waals surface area contributed by atoms with Gasteiger partial charge in [-0.05, 0) is 81.9 Å². The molecule has 0 radical (unpaired) electrons. The van der Waals surface area contributed by atoms with E-state index in [4.69, 9.17) is 4.74 Å². The number of fused-ring (bicyclic) bond motifs is 2. The summed E-state index contributed by atoms with van der Waals surface area (Å²) in [6, 6.07) is 6.24. The van der Waals surface area contributed by atoms with E-state index in [0.717, 1.165) is 63.9 Å². The molecule has 2 unspecified atom stereocenters. The lowest BCUT2D eigenvalue weighted by molar-refractivity contribution is -0.138. The molecule has 3 aliphatic heterocycles. The molecule has 0 N–H and O–H groups in total. The molecule has 2 saturated carbocycles. The second-order valence-corrected chi connectivity index (χ2v) is 16.6. The van der Waals surface area contributed by atoms with Gasteiger partial charge in [0.25, 0.3) is 0 Å². The lowest BCUT2D eigenvalue weighted by atomic mass is 9.82. The standard InChI is InChI=1S/C34H53FN4O4S/c1-23(2)39(44(4,41)42)21-33(25-8-6-5-7-9-25)36-12-14-37(15-13-36)34(40)31-19-26(38-20-28-17-27(38)22-43-28)18-30(31)29-11-10-24(3)16-32(29)35/h10-11,16,23,25-28,30-31,33H,5-9,12-15,17-22H2,1-4H3/t26?,27-,28-,30+,31-,33?/m1/s1. The molecule has 246 valence electrons. The van der Waals surface area contributed by atoms with Crippen LogP contribution in [0.2, 0.25) is 0 Å². The summed E-state index contributed by atoms with van der Waals surface area (Å²) in [6.45, 7) is 10.8. The molecule has 10 heteroatoms. The maximum atomic E-state index is 15.4. The van der Waals surface area contributed by atoms with Crippen molar-refractivity contribution in [2.24, 2.45) is 11.8 Å². The molecule has 3 heterocycles. The number of morpholine rings is 1. The molecule has 2 aliphatic carbocycles. The monoisotopic (exact) mass is 632 g/mol. The SMILES string of the molecule is Cc1ccc([C@@H]2CC(N3C[C@H]4C[C@@H]3CO4)C[C@H]2C(=O)N2CCN(C(CN(C(C)C)S(C)(=O)=O)C3CCCCC3)CC2)c(F)c1. The molecule has 0 spiro atoms. The Morgan fingerprint density at radius 1 is 1.05 bits per heavy atom. The van der Waals surface area contributed by atoms with E-state index in [9.17, 15) is 13.2 Å². The first kappa shape index (κ1) is 32.4. The maximum Gasteiger partial charge on any atom is 0.226 e. The van der Waals surface area contributed by atoms with E-state index < -0.39 is 10.0 Å². The molecule has 5 aliphatic rings. The van der Waals surface area contributed by atoms with E-state index in [1.54, 1.807) is 10.4 Å². The highest BCUT2D eigenvalue weighted by atomic mass is 32.2. The van der Waals surface area contributed by atoms with Crippen molar-refractivity contribution < 1.29 is 22.3 Å². The van der Waals surface area contributed by atoms with Gasteiger partial charge in [0, 0.05) is 69.4 Å². The number of piperazine rings is 1. The van der Waals surface area contributed by atoms with E-state index in [-0.39, 0.29) is 41.7 Å². The Labute approximate surface area is 264 Å². The topological polar surface area (TPSA) is 73.4 Å². The van der Waals surface area contributed by atoms with Gasteiger partial charge in [0.2, 0.25) is 15.9 Å². The smallest absolute Gasteiger partial charge is 0.226 e. The fraction of sp³-hybridized carbons (Fsp3) is 0.794. The second kappa shape index (κ2) is 13.3. The van der Waals surface area contributed by atoms with Crippen LogP contribution < -0.4 is 0 Å². The third-order valence-electron chi connectivity index (χ3n) is 11.5. The van der Waals surface area contributed by atoms with E-state index >= 15 is 4.39 Å². The quantitative estimate of drug-likeness (QED) is 0.406. The van der Waals surface area contributed by atoms with Crippen molar-refractivity contribution in [3.05, 3.63) is 35.1 Å². The zero-order valence-electron chi connectivity index (χ0n) is 27.2. The number of rotatable bonds is 9. The van der Waals surface area contributed by atoms with Crippen molar-refractivity contribution in [1.29, 1.82) is 0 Å². The minimum absolute atomic E-state index is 0.0919. The molecule has 0 aromatic heterocycles. The molecular weight excluding hydrogens is 579 g/mol. The van der Waals surface area contributed by atoms with Crippen LogP contribution in [0.25, 0.3) is 0 Å². The van der Waals surface area contributed by atoms with E-state index in [2.05, 4.69) is 9.80 Å². The van der Waals surface area contributed by atoms with Crippen LogP contribution in [-0.2, 0) is 19.6 Å². The predicted octanol–water partition coefficient (Wildman–Crippen LogP) is 4.23. The normalized spacial score (nSPS) is 31.4. The molecule has 6 atom stereocenters. The van der Waals surface area contributed by atoms with Crippen molar-refractivity contribution in [3.8, 4) is 0 Å². The van der Waals surface area contributed by atoms with Crippen molar-refractivity contribution in [3.63, 3.8) is 0 Å². The Kier molecular flexibility index (Phi) is 9.75. The highest BCUT2D eigenvalue weighted by molar-refractivity contribution is 7.88. The number of likely N-dealkylation sites (tertiary alicyclic amines) is 1. The molecule has 1 aromatic rings. The molecule has 6 rings (SSSR count). The highest BCUT2D eigenvalue weighted by Crippen LogP contribution is 2.46. The summed E-state index contributed by atoms with van der Waals surface area (Å²) in [4.78, 5) is 21.4. The molecular formula is C34H53FN4O4S. The number of sulfonamides is 1. The molecule has 3 saturated heterocycles. The summed E-state index contributed by atoms with van der Waals surface area (Å²) in [6.07, 6.45) is 10.2. The summed E-state index contributed by atoms with van der Waals surface area (Å²) < 4.78 is 48.4. The zero-order valence-corrected chi connectivity index (χ0v) is 28.0. The van der Waals surface area contributed by atoms with Gasteiger partial charge in [-0.2, -0.15) is 4.31 Å². The van der Waals surface area contributed by atoms with E-state index in [1.165, 1.54) is 25.5 Å². The zero-order chi connectivity index (χ0) is 31.2. The first-order valence-corrected chi connectivity index (χ1v) is 19.0. The summed E-state index contributed by atoms with van der Waals surface area (Å²) in [5.41, 5.74) is 1.58. The van der Waals surface area contributed by atoms with Crippen LogP contribution in [0, 0.1) is 24.6 Å². The van der Waals surface area contributed by atoms with Crippen LogP contribution in [0.5, 0.6) is 0 Å². The first-order valence-electron chi connectivity index (χ1n) is 17.1. The van der Waals surface area contributed by atoms with Crippen molar-refractivity contribution in [1.82, 2.24) is 19.0 Å². The number of halogens is 1. The van der Waals surface area contributed by atoms with Gasteiger partial charge in [-0.1, -0.05) is 31.4 Å². The van der Waals surface area contributed by atoms with E-state index in [1.807, 2.05) is 37.8 Å². The Bertz CT molecular complexity index is 1280. The first-order chi connectivity index (χ1) is 21.0. The number of nitrogens with zero attached hydrogens (tertiary/aromatic N) is 4. The number of hydrogen-bond donors (Lipinski definition) is 0. The molecule has 1 amide bonds.